The summed E-state index contributed by atoms with van der Waals surface area (Å²) < 4.78 is 5.63. The minimum atomic E-state index is -0.203. The fraction of sp³-hybridized carbons (Fsp3) is 0.333. The predicted molar refractivity (Wildman–Crippen MR) is 91.2 cm³/mol. The number of fused-ring (bicyclic) bond motifs is 1. The first kappa shape index (κ1) is 16.1. The van der Waals surface area contributed by atoms with Crippen molar-refractivity contribution in [3.8, 4) is 11.6 Å². The summed E-state index contributed by atoms with van der Waals surface area (Å²) in [5.41, 5.74) is 2.70. The molecule has 0 saturated heterocycles. The van der Waals surface area contributed by atoms with Crippen molar-refractivity contribution >= 4 is 11.7 Å². The SMILES string of the molecule is CC(C)Oc1ncccc1NC(=O)N1CCc2ccc(O)cc2C1. The summed E-state index contributed by atoms with van der Waals surface area (Å²) in [6.07, 6.45) is 2.37. The van der Waals surface area contributed by atoms with Crippen molar-refractivity contribution in [2.75, 3.05) is 11.9 Å². The molecule has 0 spiro atoms. The maximum Gasteiger partial charge on any atom is 0.322 e. The van der Waals surface area contributed by atoms with Crippen LogP contribution in [-0.2, 0) is 13.0 Å². The van der Waals surface area contributed by atoms with Crippen LogP contribution < -0.4 is 10.1 Å². The van der Waals surface area contributed by atoms with E-state index in [2.05, 4.69) is 10.3 Å². The summed E-state index contributed by atoms with van der Waals surface area (Å²) in [4.78, 5) is 18.5. The van der Waals surface area contributed by atoms with Gasteiger partial charge in [0.1, 0.15) is 11.4 Å². The number of nitrogens with zero attached hydrogens (tertiary/aromatic N) is 2. The second-order valence-corrected chi connectivity index (χ2v) is 6.08. The number of benzene rings is 1. The zero-order chi connectivity index (χ0) is 17.1. The maximum absolute atomic E-state index is 12.6. The number of urea groups is 1. The third-order valence-electron chi connectivity index (χ3n) is 3.85. The number of rotatable bonds is 3. The first-order valence-corrected chi connectivity index (χ1v) is 8.01. The van der Waals surface area contributed by atoms with E-state index in [0.717, 1.165) is 12.0 Å². The Kier molecular flexibility index (Phi) is 4.55. The molecule has 2 aromatic rings. The highest BCUT2D eigenvalue weighted by Gasteiger charge is 2.22. The van der Waals surface area contributed by atoms with Crippen molar-refractivity contribution in [1.82, 2.24) is 9.88 Å². The minimum Gasteiger partial charge on any atom is -0.508 e. The van der Waals surface area contributed by atoms with Gasteiger partial charge >= 0.3 is 6.03 Å². The Morgan fingerprint density at radius 3 is 2.96 bits per heavy atom. The van der Waals surface area contributed by atoms with Crippen molar-refractivity contribution in [3.05, 3.63) is 47.7 Å². The number of phenols is 1. The van der Waals surface area contributed by atoms with Crippen LogP contribution in [0, 0.1) is 0 Å². The molecule has 0 fully saturated rings. The van der Waals surface area contributed by atoms with E-state index in [1.54, 1.807) is 35.4 Å². The average Bonchev–Trinajstić information content (AvgIpc) is 2.55. The molecule has 2 amide bonds. The van der Waals surface area contributed by atoms with Gasteiger partial charge in [0, 0.05) is 19.3 Å². The fourth-order valence-corrected chi connectivity index (χ4v) is 2.71. The minimum absolute atomic E-state index is 0.0274. The van der Waals surface area contributed by atoms with Crippen molar-refractivity contribution in [1.29, 1.82) is 0 Å². The number of anilines is 1. The number of amides is 2. The Balaban J connectivity index is 1.72. The highest BCUT2D eigenvalue weighted by atomic mass is 16.5. The number of carbonyl (C=O) groups is 1. The zero-order valence-electron chi connectivity index (χ0n) is 13.8. The summed E-state index contributed by atoms with van der Waals surface area (Å²) >= 11 is 0. The number of pyridine rings is 1. The largest absolute Gasteiger partial charge is 0.508 e. The van der Waals surface area contributed by atoms with E-state index in [0.29, 0.717) is 24.7 Å². The van der Waals surface area contributed by atoms with Gasteiger partial charge in [-0.2, -0.15) is 0 Å². The third kappa shape index (κ3) is 3.59. The highest BCUT2D eigenvalue weighted by molar-refractivity contribution is 5.90. The van der Waals surface area contributed by atoms with Crippen molar-refractivity contribution < 1.29 is 14.6 Å². The van der Waals surface area contributed by atoms with Crippen LogP contribution in [0.15, 0.2) is 36.5 Å². The molecular formula is C18H21N3O3. The van der Waals surface area contributed by atoms with E-state index in [4.69, 9.17) is 4.74 Å². The van der Waals surface area contributed by atoms with E-state index in [-0.39, 0.29) is 17.9 Å². The van der Waals surface area contributed by atoms with Crippen molar-refractivity contribution in [2.45, 2.75) is 32.9 Å². The normalized spacial score (nSPS) is 13.5. The Morgan fingerprint density at radius 1 is 1.33 bits per heavy atom. The Labute approximate surface area is 141 Å². The standard InChI is InChI=1S/C18H21N3O3/c1-12(2)24-17-16(4-3-8-19-17)20-18(23)21-9-7-13-5-6-15(22)10-14(13)11-21/h3-6,8,10,12,22H,7,9,11H2,1-2H3,(H,20,23). The number of aromatic nitrogens is 1. The molecule has 0 saturated carbocycles. The molecule has 2 N–H and O–H groups in total. The van der Waals surface area contributed by atoms with E-state index >= 15 is 0 Å². The summed E-state index contributed by atoms with van der Waals surface area (Å²) in [5, 5.41) is 12.5. The molecule has 1 aromatic heterocycles. The summed E-state index contributed by atoms with van der Waals surface area (Å²) in [6.45, 7) is 4.92. The van der Waals surface area contributed by atoms with Crippen LogP contribution in [-0.4, -0.2) is 33.7 Å². The number of nitrogens with one attached hydrogen (secondary N) is 1. The Hall–Kier alpha value is -2.76. The quantitative estimate of drug-likeness (QED) is 0.908. The van der Waals surface area contributed by atoms with E-state index in [1.807, 2.05) is 19.9 Å². The van der Waals surface area contributed by atoms with Gasteiger partial charge in [0.15, 0.2) is 0 Å². The number of aromatic hydroxyl groups is 1. The number of phenolic OH excluding ortho intramolecular Hbond substituents is 1. The summed E-state index contributed by atoms with van der Waals surface area (Å²) in [6, 6.07) is 8.63. The second kappa shape index (κ2) is 6.78. The third-order valence-corrected chi connectivity index (χ3v) is 3.85. The van der Waals surface area contributed by atoms with Gasteiger partial charge in [0.05, 0.1) is 6.10 Å². The first-order valence-electron chi connectivity index (χ1n) is 8.01. The van der Waals surface area contributed by atoms with Crippen molar-refractivity contribution in [3.63, 3.8) is 0 Å². The van der Waals surface area contributed by atoms with Gasteiger partial charge in [-0.1, -0.05) is 6.07 Å². The van der Waals surface area contributed by atoms with Gasteiger partial charge in [-0.25, -0.2) is 9.78 Å². The molecule has 2 heterocycles. The molecule has 1 aliphatic heterocycles. The molecule has 0 radical (unpaired) electrons. The molecule has 24 heavy (non-hydrogen) atoms. The number of hydrogen-bond donors (Lipinski definition) is 2. The summed E-state index contributed by atoms with van der Waals surface area (Å²) in [7, 11) is 0. The van der Waals surface area contributed by atoms with Crippen LogP contribution in [0.5, 0.6) is 11.6 Å². The van der Waals surface area contributed by atoms with Crippen LogP contribution in [0.4, 0.5) is 10.5 Å². The number of ether oxygens (including phenoxy) is 1. The molecule has 1 aliphatic rings. The van der Waals surface area contributed by atoms with Crippen LogP contribution in [0.1, 0.15) is 25.0 Å². The van der Waals surface area contributed by atoms with E-state index < -0.39 is 0 Å². The fourth-order valence-electron chi connectivity index (χ4n) is 2.71. The van der Waals surface area contributed by atoms with Crippen LogP contribution in [0.3, 0.4) is 0 Å². The molecular weight excluding hydrogens is 306 g/mol. The predicted octanol–water partition coefficient (Wildman–Crippen LogP) is 3.16. The molecule has 0 atom stereocenters. The lowest BCUT2D eigenvalue weighted by Crippen LogP contribution is -2.39. The number of carbonyl (C=O) groups excluding carboxylic acids is 1. The first-order chi connectivity index (χ1) is 11.5. The zero-order valence-corrected chi connectivity index (χ0v) is 13.8. The molecule has 6 nitrogen and oxygen atoms in total. The van der Waals surface area contributed by atoms with Crippen LogP contribution in [0.25, 0.3) is 0 Å². The van der Waals surface area contributed by atoms with Crippen LogP contribution in [0.2, 0.25) is 0 Å². The van der Waals surface area contributed by atoms with Gasteiger partial charge in [0.25, 0.3) is 0 Å². The van der Waals surface area contributed by atoms with Gasteiger partial charge in [-0.05, 0) is 55.7 Å². The molecule has 0 aliphatic carbocycles. The maximum atomic E-state index is 12.6. The van der Waals surface area contributed by atoms with Gasteiger partial charge in [-0.3, -0.25) is 0 Å². The molecule has 3 rings (SSSR count). The highest BCUT2D eigenvalue weighted by Crippen LogP contribution is 2.25. The van der Waals surface area contributed by atoms with Gasteiger partial charge < -0.3 is 20.1 Å². The lowest BCUT2D eigenvalue weighted by molar-refractivity contribution is 0.205. The monoisotopic (exact) mass is 327 g/mol. The molecule has 1 aromatic carbocycles. The number of hydrogen-bond acceptors (Lipinski definition) is 4. The molecule has 126 valence electrons. The van der Waals surface area contributed by atoms with Gasteiger partial charge in [-0.15, -0.1) is 0 Å². The topological polar surface area (TPSA) is 74.7 Å². The second-order valence-electron chi connectivity index (χ2n) is 6.08. The molecule has 0 bridgehead atoms. The average molecular weight is 327 g/mol. The van der Waals surface area contributed by atoms with Gasteiger partial charge in [0.2, 0.25) is 5.88 Å². The summed E-state index contributed by atoms with van der Waals surface area (Å²) in [5.74, 6) is 0.631. The lowest BCUT2D eigenvalue weighted by Gasteiger charge is -2.29. The van der Waals surface area contributed by atoms with Crippen molar-refractivity contribution in [2.24, 2.45) is 0 Å². The Bertz CT molecular complexity index is 746. The van der Waals surface area contributed by atoms with E-state index in [9.17, 15) is 9.90 Å². The van der Waals surface area contributed by atoms with Crippen LogP contribution >= 0.6 is 0 Å². The molecule has 6 heteroatoms. The molecule has 0 unspecified atom stereocenters. The smallest absolute Gasteiger partial charge is 0.322 e. The van der Waals surface area contributed by atoms with E-state index in [1.165, 1.54) is 5.56 Å². The lowest BCUT2D eigenvalue weighted by atomic mass is 10.00. The Morgan fingerprint density at radius 2 is 2.17 bits per heavy atom.